The molecule has 0 fully saturated rings. The average Bonchev–Trinajstić information content (AvgIpc) is 3.56. The minimum absolute atomic E-state index is 0.618. The first-order chi connectivity index (χ1) is 22.2. The fraction of sp³-hybridized carbons (Fsp3) is 0. The summed E-state index contributed by atoms with van der Waals surface area (Å²) in [5, 5.41) is 10.8. The van der Waals surface area contributed by atoms with E-state index in [0.717, 1.165) is 55.1 Å². The van der Waals surface area contributed by atoms with Gasteiger partial charge in [-0.05, 0) is 57.9 Å². The molecule has 0 unspecified atom stereocenters. The van der Waals surface area contributed by atoms with Gasteiger partial charge in [0, 0.05) is 27.6 Å². The van der Waals surface area contributed by atoms with Gasteiger partial charge >= 0.3 is 0 Å². The van der Waals surface area contributed by atoms with Crippen LogP contribution in [0.4, 0.5) is 0 Å². The van der Waals surface area contributed by atoms with E-state index < -0.39 is 0 Å². The maximum atomic E-state index is 5.04. The van der Waals surface area contributed by atoms with Crippen LogP contribution in [-0.2, 0) is 0 Å². The molecule has 0 radical (unpaired) electrons. The summed E-state index contributed by atoms with van der Waals surface area (Å²) in [7, 11) is 0. The van der Waals surface area contributed by atoms with Crippen LogP contribution < -0.4 is 0 Å². The summed E-state index contributed by atoms with van der Waals surface area (Å²) in [6.07, 6.45) is 0. The van der Waals surface area contributed by atoms with Crippen molar-refractivity contribution in [3.63, 3.8) is 0 Å². The van der Waals surface area contributed by atoms with Gasteiger partial charge in [0.15, 0.2) is 17.5 Å². The molecule has 210 valence electrons. The predicted molar refractivity (Wildman–Crippen MR) is 183 cm³/mol. The number of hydrogen-bond donors (Lipinski definition) is 0. The van der Waals surface area contributed by atoms with Crippen LogP contribution >= 0.6 is 0 Å². The molecule has 0 aliphatic carbocycles. The van der Waals surface area contributed by atoms with Crippen molar-refractivity contribution in [2.75, 3.05) is 0 Å². The summed E-state index contributed by atoms with van der Waals surface area (Å²) in [5.41, 5.74) is 6.82. The molecule has 0 spiro atoms. The average molecular weight is 576 g/mol. The van der Waals surface area contributed by atoms with Crippen molar-refractivity contribution in [1.29, 1.82) is 0 Å². The first-order valence-corrected chi connectivity index (χ1v) is 15.0. The molecule has 0 bridgehead atoms. The van der Waals surface area contributed by atoms with Crippen LogP contribution in [0.2, 0.25) is 0 Å². The Hall–Kier alpha value is -6.20. The van der Waals surface area contributed by atoms with E-state index in [9.17, 15) is 0 Å². The van der Waals surface area contributed by atoms with E-state index in [1.54, 1.807) is 0 Å². The Balaban J connectivity index is 1.20. The fourth-order valence-corrected chi connectivity index (χ4v) is 6.08. The highest BCUT2D eigenvalue weighted by molar-refractivity contribution is 5.88. The van der Waals surface area contributed by atoms with E-state index in [2.05, 4.69) is 140 Å². The molecule has 9 aromatic rings. The Kier molecular flexibility index (Phi) is 5.74. The van der Waals surface area contributed by atoms with Gasteiger partial charge in [0.2, 0.25) is 0 Å². The lowest BCUT2D eigenvalue weighted by Gasteiger charge is -2.10. The largest absolute Gasteiger partial charge is 0.232 e. The van der Waals surface area contributed by atoms with E-state index in [1.807, 2.05) is 16.6 Å². The van der Waals surface area contributed by atoms with Crippen molar-refractivity contribution in [1.82, 2.24) is 24.6 Å². The van der Waals surface area contributed by atoms with Crippen LogP contribution in [0.3, 0.4) is 0 Å². The smallest absolute Gasteiger partial charge is 0.164 e. The Labute approximate surface area is 259 Å². The van der Waals surface area contributed by atoms with E-state index in [1.165, 1.54) is 10.8 Å². The third-order valence-electron chi connectivity index (χ3n) is 8.40. The summed E-state index contributed by atoms with van der Waals surface area (Å²) in [6, 6.07) is 52.4. The first-order valence-electron chi connectivity index (χ1n) is 15.0. The highest BCUT2D eigenvalue weighted by Gasteiger charge is 2.15. The van der Waals surface area contributed by atoms with Crippen molar-refractivity contribution in [3.8, 4) is 45.4 Å². The van der Waals surface area contributed by atoms with Crippen molar-refractivity contribution < 1.29 is 0 Å². The van der Waals surface area contributed by atoms with Crippen molar-refractivity contribution >= 4 is 38.0 Å². The van der Waals surface area contributed by atoms with Gasteiger partial charge in [0.05, 0.1) is 16.7 Å². The van der Waals surface area contributed by atoms with Crippen molar-refractivity contribution in [2.45, 2.75) is 0 Å². The molecule has 0 aliphatic heterocycles. The molecule has 5 nitrogen and oxygen atoms in total. The first kappa shape index (κ1) is 25.3. The normalized spacial score (nSPS) is 11.6. The zero-order valence-electron chi connectivity index (χ0n) is 24.2. The predicted octanol–water partition coefficient (Wildman–Crippen LogP) is 9.65. The van der Waals surface area contributed by atoms with E-state index in [0.29, 0.717) is 17.5 Å². The maximum absolute atomic E-state index is 5.04. The number of pyridine rings is 1. The van der Waals surface area contributed by atoms with E-state index in [-0.39, 0.29) is 0 Å². The molecule has 0 aliphatic rings. The Morgan fingerprint density at radius 1 is 0.356 bits per heavy atom. The highest BCUT2D eigenvalue weighted by Crippen LogP contribution is 2.31. The van der Waals surface area contributed by atoms with Crippen LogP contribution in [-0.4, -0.2) is 24.6 Å². The molecule has 9 rings (SSSR count). The Morgan fingerprint density at radius 3 is 1.51 bits per heavy atom. The second-order valence-electron chi connectivity index (χ2n) is 11.3. The van der Waals surface area contributed by atoms with Crippen LogP contribution in [0, 0.1) is 0 Å². The van der Waals surface area contributed by atoms with Crippen molar-refractivity contribution in [3.05, 3.63) is 152 Å². The van der Waals surface area contributed by atoms with Gasteiger partial charge in [0.1, 0.15) is 0 Å². The fourth-order valence-electron chi connectivity index (χ4n) is 6.08. The molecule has 0 saturated carbocycles. The van der Waals surface area contributed by atoms with Crippen LogP contribution in [0.15, 0.2) is 152 Å². The summed E-state index contributed by atoms with van der Waals surface area (Å²) in [5.74, 6) is 1.89. The molecule has 45 heavy (non-hydrogen) atoms. The van der Waals surface area contributed by atoms with Crippen LogP contribution in [0.5, 0.6) is 0 Å². The van der Waals surface area contributed by atoms with Gasteiger partial charge in [-0.15, -0.1) is 0 Å². The molecule has 0 N–H and O–H groups in total. The number of para-hydroxylation sites is 1. The lowest BCUT2D eigenvalue weighted by Crippen LogP contribution is -2.00. The third-order valence-corrected chi connectivity index (χ3v) is 8.40. The zero-order chi connectivity index (χ0) is 29.7. The number of rotatable bonds is 4. The second kappa shape index (κ2) is 10.2. The summed E-state index contributed by atoms with van der Waals surface area (Å²) < 4.78 is 2.01. The summed E-state index contributed by atoms with van der Waals surface area (Å²) in [6.45, 7) is 0. The lowest BCUT2D eigenvalue weighted by atomic mass is 10.0. The van der Waals surface area contributed by atoms with Gasteiger partial charge < -0.3 is 0 Å². The Morgan fingerprint density at radius 2 is 0.867 bits per heavy atom. The van der Waals surface area contributed by atoms with Gasteiger partial charge in [-0.2, -0.15) is 5.10 Å². The molecule has 0 amide bonds. The third kappa shape index (κ3) is 4.50. The van der Waals surface area contributed by atoms with Gasteiger partial charge in [-0.25, -0.2) is 19.5 Å². The maximum Gasteiger partial charge on any atom is 0.164 e. The molecule has 6 aromatic carbocycles. The van der Waals surface area contributed by atoms with E-state index in [4.69, 9.17) is 20.1 Å². The van der Waals surface area contributed by atoms with Crippen LogP contribution in [0.25, 0.3) is 83.4 Å². The number of fused-ring (bicyclic) bond motifs is 5. The van der Waals surface area contributed by atoms with Gasteiger partial charge in [0.25, 0.3) is 0 Å². The van der Waals surface area contributed by atoms with Gasteiger partial charge in [-0.3, -0.25) is 0 Å². The standard InChI is InChI=1S/C40H25N5/c1-3-11-29-22-33(18-16-26(29)8-1)39-41-38(42-40(43-39)34-19-17-27-9-2-4-12-30(27)23-34)32-14-7-13-31(24-32)36-25-35-21-20-28-10-5-6-15-37(28)45(35)44-36/h1-25H. The van der Waals surface area contributed by atoms with Crippen molar-refractivity contribution in [2.24, 2.45) is 0 Å². The highest BCUT2D eigenvalue weighted by atomic mass is 15.2. The second-order valence-corrected chi connectivity index (χ2v) is 11.3. The summed E-state index contributed by atoms with van der Waals surface area (Å²) >= 11 is 0. The number of aromatic nitrogens is 5. The minimum Gasteiger partial charge on any atom is -0.232 e. The zero-order valence-corrected chi connectivity index (χ0v) is 24.2. The number of nitrogens with zero attached hydrogens (tertiary/aromatic N) is 5. The molecule has 5 heteroatoms. The molecule has 0 atom stereocenters. The minimum atomic E-state index is 0.618. The number of benzene rings is 6. The monoisotopic (exact) mass is 575 g/mol. The summed E-state index contributed by atoms with van der Waals surface area (Å²) in [4.78, 5) is 15.1. The molecule has 3 aromatic heterocycles. The van der Waals surface area contributed by atoms with Gasteiger partial charge in [-0.1, -0.05) is 115 Å². The number of hydrogen-bond acceptors (Lipinski definition) is 4. The van der Waals surface area contributed by atoms with Crippen LogP contribution in [0.1, 0.15) is 0 Å². The topological polar surface area (TPSA) is 56.0 Å². The molecular weight excluding hydrogens is 550 g/mol. The lowest BCUT2D eigenvalue weighted by molar-refractivity contribution is 1.01. The quantitative estimate of drug-likeness (QED) is 0.210. The molecule has 3 heterocycles. The Bertz CT molecular complexity index is 2470. The SMILES string of the molecule is c1cc(-c2cc3ccc4ccccc4n3n2)cc(-c2nc(-c3ccc4ccccc4c3)nc(-c3ccc4ccccc4c3)n2)c1. The molecular formula is C40H25N5. The van der Waals surface area contributed by atoms with E-state index >= 15 is 0 Å². The molecule has 0 saturated heterocycles.